The zero-order valence-corrected chi connectivity index (χ0v) is 15.8. The largest absolute Gasteiger partial charge is 0.454 e. The highest BCUT2D eigenvalue weighted by atomic mass is 35.5. The zero-order chi connectivity index (χ0) is 18.1. The van der Waals surface area contributed by atoms with Crippen LogP contribution in [0.4, 0.5) is 4.39 Å². The van der Waals surface area contributed by atoms with Gasteiger partial charge in [0.2, 0.25) is 6.79 Å². The molecule has 0 atom stereocenters. The van der Waals surface area contributed by atoms with E-state index in [1.54, 1.807) is 17.8 Å². The maximum absolute atomic E-state index is 13.1. The van der Waals surface area contributed by atoms with Crippen LogP contribution < -0.4 is 9.47 Å². The molecule has 0 radical (unpaired) electrons. The van der Waals surface area contributed by atoms with Gasteiger partial charge in [0.25, 0.3) is 0 Å². The van der Waals surface area contributed by atoms with E-state index in [0.717, 1.165) is 17.1 Å². The third-order valence-corrected chi connectivity index (χ3v) is 5.46. The monoisotopic (exact) mass is 409 g/mol. The Morgan fingerprint density at radius 2 is 2.04 bits per heavy atom. The van der Waals surface area contributed by atoms with Gasteiger partial charge < -0.3 is 9.47 Å². The highest BCUT2D eigenvalue weighted by Gasteiger charge is 2.16. The van der Waals surface area contributed by atoms with Crippen molar-refractivity contribution >= 4 is 35.6 Å². The van der Waals surface area contributed by atoms with Crippen LogP contribution in [-0.2, 0) is 11.5 Å². The maximum Gasteiger partial charge on any atom is 0.231 e. The van der Waals surface area contributed by atoms with E-state index in [9.17, 15) is 4.39 Å². The number of rotatable bonds is 5. The average molecular weight is 410 g/mol. The summed E-state index contributed by atoms with van der Waals surface area (Å²) in [7, 11) is 0. The first-order chi connectivity index (χ1) is 12.6. The van der Waals surface area contributed by atoms with E-state index in [2.05, 4.69) is 10.2 Å². The minimum atomic E-state index is -0.340. The lowest BCUT2D eigenvalue weighted by molar-refractivity contribution is 0.174. The summed E-state index contributed by atoms with van der Waals surface area (Å²) in [4.78, 5) is 0. The summed E-state index contributed by atoms with van der Waals surface area (Å²) in [5, 5.41) is 7.56. The molecule has 0 aliphatic carbocycles. The van der Waals surface area contributed by atoms with Gasteiger partial charge in [-0.15, -0.1) is 11.8 Å². The standard InChI is InChI=1S/C17H13ClFN3O2S2/c18-13-5-11(19)2-1-10(13)7-26-8-16-20-21-17(25)22(16)12-3-4-14-15(6-12)24-9-23-14/h1-6H,7-9H2,(H,21,25). The molecule has 0 unspecified atom stereocenters. The highest BCUT2D eigenvalue weighted by Crippen LogP contribution is 2.34. The Labute approximate surface area is 163 Å². The van der Waals surface area contributed by atoms with Gasteiger partial charge >= 0.3 is 0 Å². The molecule has 9 heteroatoms. The summed E-state index contributed by atoms with van der Waals surface area (Å²) in [6, 6.07) is 10.0. The number of benzene rings is 2. The zero-order valence-electron chi connectivity index (χ0n) is 13.4. The molecule has 1 N–H and O–H groups in total. The van der Waals surface area contributed by atoms with Crippen molar-refractivity contribution in [3.05, 3.63) is 63.4 Å². The number of nitrogens with one attached hydrogen (secondary N) is 1. The van der Waals surface area contributed by atoms with Crippen molar-refractivity contribution in [3.8, 4) is 17.2 Å². The predicted octanol–water partition coefficient (Wildman–Crippen LogP) is 4.88. The first kappa shape index (κ1) is 17.4. The molecule has 0 bridgehead atoms. The van der Waals surface area contributed by atoms with Gasteiger partial charge in [0.05, 0.1) is 11.4 Å². The van der Waals surface area contributed by atoms with Gasteiger partial charge in [0.15, 0.2) is 16.3 Å². The van der Waals surface area contributed by atoms with E-state index >= 15 is 0 Å². The Balaban J connectivity index is 1.52. The van der Waals surface area contributed by atoms with Gasteiger partial charge in [-0.1, -0.05) is 17.7 Å². The summed E-state index contributed by atoms with van der Waals surface area (Å²) in [6.45, 7) is 0.219. The summed E-state index contributed by atoms with van der Waals surface area (Å²) < 4.78 is 26.3. The molecule has 26 heavy (non-hydrogen) atoms. The summed E-state index contributed by atoms with van der Waals surface area (Å²) in [5.74, 6) is 3.08. The fourth-order valence-corrected chi connectivity index (χ4v) is 4.13. The number of aromatic amines is 1. The fraction of sp³-hybridized carbons (Fsp3) is 0.176. The van der Waals surface area contributed by atoms with Crippen LogP contribution >= 0.6 is 35.6 Å². The Bertz CT molecular complexity index is 1020. The van der Waals surface area contributed by atoms with Gasteiger partial charge in [-0.2, -0.15) is 5.10 Å². The Hall–Kier alpha value is -2.03. The van der Waals surface area contributed by atoms with Crippen molar-refractivity contribution in [2.24, 2.45) is 0 Å². The van der Waals surface area contributed by atoms with Crippen molar-refractivity contribution in [3.63, 3.8) is 0 Å². The molecule has 3 aromatic rings. The number of thioether (sulfide) groups is 1. The van der Waals surface area contributed by atoms with Crippen molar-refractivity contribution in [2.45, 2.75) is 11.5 Å². The number of fused-ring (bicyclic) bond motifs is 1. The van der Waals surface area contributed by atoms with Gasteiger partial charge in [-0.3, -0.25) is 9.67 Å². The maximum atomic E-state index is 13.1. The van der Waals surface area contributed by atoms with Gasteiger partial charge in [0.1, 0.15) is 11.6 Å². The third-order valence-electron chi connectivity index (χ3n) is 3.86. The van der Waals surface area contributed by atoms with Crippen LogP contribution in [0.1, 0.15) is 11.4 Å². The van der Waals surface area contributed by atoms with Crippen LogP contribution in [-0.4, -0.2) is 21.6 Å². The molecule has 2 aromatic carbocycles. The molecule has 1 aliphatic heterocycles. The number of nitrogens with zero attached hydrogens (tertiary/aromatic N) is 2. The lowest BCUT2D eigenvalue weighted by Gasteiger charge is -2.08. The van der Waals surface area contributed by atoms with E-state index in [-0.39, 0.29) is 12.6 Å². The normalized spacial score (nSPS) is 12.5. The summed E-state index contributed by atoms with van der Waals surface area (Å²) in [5.41, 5.74) is 1.73. The molecule has 0 fully saturated rings. The lowest BCUT2D eigenvalue weighted by Crippen LogP contribution is -2.00. The number of hydrogen-bond acceptors (Lipinski definition) is 5. The SMILES string of the molecule is Fc1ccc(CSCc2n[nH]c(=S)n2-c2ccc3c(c2)OCO3)c(Cl)c1. The van der Waals surface area contributed by atoms with E-state index in [1.165, 1.54) is 12.1 Å². The van der Waals surface area contributed by atoms with E-state index < -0.39 is 0 Å². The first-order valence-corrected chi connectivity index (χ1v) is 9.64. The van der Waals surface area contributed by atoms with Crippen LogP contribution in [0.25, 0.3) is 5.69 Å². The Kier molecular flexibility index (Phi) is 4.88. The van der Waals surface area contributed by atoms with Crippen LogP contribution in [0.2, 0.25) is 5.02 Å². The van der Waals surface area contributed by atoms with Crippen molar-refractivity contribution in [1.29, 1.82) is 0 Å². The van der Waals surface area contributed by atoms with Crippen molar-refractivity contribution in [1.82, 2.24) is 14.8 Å². The van der Waals surface area contributed by atoms with Crippen LogP contribution in [0.3, 0.4) is 0 Å². The van der Waals surface area contributed by atoms with E-state index in [1.807, 2.05) is 22.8 Å². The second kappa shape index (κ2) is 7.30. The van der Waals surface area contributed by atoms with E-state index in [4.69, 9.17) is 33.3 Å². The molecular formula is C17H13ClFN3O2S2. The highest BCUT2D eigenvalue weighted by molar-refractivity contribution is 7.97. The quantitative estimate of drug-likeness (QED) is 0.608. The third kappa shape index (κ3) is 3.44. The van der Waals surface area contributed by atoms with E-state index in [0.29, 0.717) is 32.8 Å². The van der Waals surface area contributed by atoms with Crippen molar-refractivity contribution < 1.29 is 13.9 Å². The molecule has 1 aliphatic rings. The molecule has 2 heterocycles. The molecule has 1 aromatic heterocycles. The first-order valence-electron chi connectivity index (χ1n) is 7.70. The fourth-order valence-electron chi connectivity index (χ4n) is 2.61. The summed E-state index contributed by atoms with van der Waals surface area (Å²) >= 11 is 13.1. The van der Waals surface area contributed by atoms with Crippen LogP contribution in [0.15, 0.2) is 36.4 Å². The minimum Gasteiger partial charge on any atom is -0.454 e. The molecule has 0 spiro atoms. The Morgan fingerprint density at radius 1 is 1.19 bits per heavy atom. The molecule has 0 amide bonds. The van der Waals surface area contributed by atoms with Gasteiger partial charge in [0, 0.05) is 16.8 Å². The second-order valence-corrected chi connectivity index (χ2v) is 7.33. The minimum absolute atomic E-state index is 0.219. The number of H-pyrrole nitrogens is 1. The smallest absolute Gasteiger partial charge is 0.231 e. The number of ether oxygens (including phenoxy) is 2. The molecule has 134 valence electrons. The van der Waals surface area contributed by atoms with Crippen LogP contribution in [0.5, 0.6) is 11.5 Å². The predicted molar refractivity (Wildman–Crippen MR) is 101 cm³/mol. The molecule has 0 saturated carbocycles. The molecule has 5 nitrogen and oxygen atoms in total. The molecule has 4 rings (SSSR count). The summed E-state index contributed by atoms with van der Waals surface area (Å²) in [6.07, 6.45) is 0. The van der Waals surface area contributed by atoms with Gasteiger partial charge in [-0.25, -0.2) is 4.39 Å². The Morgan fingerprint density at radius 3 is 2.88 bits per heavy atom. The lowest BCUT2D eigenvalue weighted by atomic mass is 10.2. The average Bonchev–Trinajstić information content (AvgIpc) is 3.22. The van der Waals surface area contributed by atoms with Crippen molar-refractivity contribution in [2.75, 3.05) is 6.79 Å². The number of hydrogen-bond donors (Lipinski definition) is 1. The molecular weight excluding hydrogens is 397 g/mol. The topological polar surface area (TPSA) is 52.1 Å². The second-order valence-electron chi connectivity index (χ2n) is 5.55. The molecule has 0 saturated heterocycles. The van der Waals surface area contributed by atoms with Crippen LogP contribution in [0, 0.1) is 10.6 Å². The number of halogens is 2. The number of aromatic nitrogens is 3. The van der Waals surface area contributed by atoms with Gasteiger partial charge in [-0.05, 0) is 42.0 Å².